The van der Waals surface area contributed by atoms with Crippen LogP contribution >= 0.6 is 11.6 Å². The number of hydrogen-bond acceptors (Lipinski definition) is 2. The van der Waals surface area contributed by atoms with Crippen LogP contribution in [0.2, 0.25) is 5.02 Å². The van der Waals surface area contributed by atoms with Gasteiger partial charge in [0.15, 0.2) is 11.6 Å². The highest BCUT2D eigenvalue weighted by molar-refractivity contribution is 6.30. The number of hydrogen-bond donors (Lipinski definition) is 1. The van der Waals surface area contributed by atoms with Gasteiger partial charge in [-0.1, -0.05) is 11.6 Å². The Morgan fingerprint density at radius 1 is 1.00 bits per heavy atom. The van der Waals surface area contributed by atoms with E-state index in [9.17, 15) is 13.2 Å². The van der Waals surface area contributed by atoms with Gasteiger partial charge in [-0.05, 0) is 30.3 Å². The molecule has 0 unspecified atom stereocenters. The van der Waals surface area contributed by atoms with Gasteiger partial charge in [0.2, 0.25) is 0 Å². The fourth-order valence-electron chi connectivity index (χ4n) is 1.53. The Kier molecular flexibility index (Phi) is 3.63. The Balaban J connectivity index is 2.41. The van der Waals surface area contributed by atoms with Crippen LogP contribution in [0.4, 0.5) is 24.5 Å². The van der Waals surface area contributed by atoms with E-state index in [1.807, 2.05) is 0 Å². The summed E-state index contributed by atoms with van der Waals surface area (Å²) in [7, 11) is 0. The van der Waals surface area contributed by atoms with E-state index < -0.39 is 23.1 Å². The number of nitrogens with zero attached hydrogens (tertiary/aromatic N) is 1. The third-order valence-electron chi connectivity index (χ3n) is 2.30. The maximum Gasteiger partial charge on any atom is 0.150 e. The Hall–Kier alpha value is -2.19. The highest BCUT2D eigenvalue weighted by Crippen LogP contribution is 2.26. The van der Waals surface area contributed by atoms with E-state index in [0.717, 1.165) is 24.3 Å². The average Bonchev–Trinajstić information content (AvgIpc) is 2.32. The van der Waals surface area contributed by atoms with Crippen molar-refractivity contribution < 1.29 is 13.2 Å². The second-order valence-electron chi connectivity index (χ2n) is 3.71. The van der Waals surface area contributed by atoms with Crippen LogP contribution in [0.15, 0.2) is 30.3 Å². The topological polar surface area (TPSA) is 35.8 Å². The van der Waals surface area contributed by atoms with Crippen LogP contribution in [-0.2, 0) is 0 Å². The van der Waals surface area contributed by atoms with Gasteiger partial charge in [0.25, 0.3) is 0 Å². The zero-order valence-corrected chi connectivity index (χ0v) is 10.1. The van der Waals surface area contributed by atoms with Crippen molar-refractivity contribution in [2.24, 2.45) is 0 Å². The molecule has 0 saturated heterocycles. The molecule has 0 spiro atoms. The number of benzene rings is 2. The van der Waals surface area contributed by atoms with Gasteiger partial charge in [0.1, 0.15) is 11.5 Å². The molecular formula is C13H6ClF3N2. The van der Waals surface area contributed by atoms with Crippen LogP contribution in [0.5, 0.6) is 0 Å². The van der Waals surface area contributed by atoms with Crippen LogP contribution in [0, 0.1) is 28.8 Å². The normalized spacial score (nSPS) is 10.1. The maximum atomic E-state index is 13.6. The van der Waals surface area contributed by atoms with Crippen molar-refractivity contribution in [2.75, 3.05) is 5.32 Å². The number of nitriles is 1. The van der Waals surface area contributed by atoms with Crippen LogP contribution < -0.4 is 5.32 Å². The van der Waals surface area contributed by atoms with Crippen molar-refractivity contribution in [3.05, 3.63) is 58.4 Å². The van der Waals surface area contributed by atoms with Gasteiger partial charge >= 0.3 is 0 Å². The van der Waals surface area contributed by atoms with Crippen LogP contribution in [-0.4, -0.2) is 0 Å². The van der Waals surface area contributed by atoms with E-state index in [1.165, 1.54) is 6.07 Å². The molecule has 0 aliphatic carbocycles. The van der Waals surface area contributed by atoms with E-state index in [2.05, 4.69) is 5.32 Å². The molecule has 2 aromatic carbocycles. The lowest BCUT2D eigenvalue weighted by Crippen LogP contribution is -1.99. The summed E-state index contributed by atoms with van der Waals surface area (Å²) >= 11 is 5.63. The summed E-state index contributed by atoms with van der Waals surface area (Å²) in [5.41, 5.74) is -0.508. The molecule has 2 nitrogen and oxygen atoms in total. The molecule has 6 heteroatoms. The quantitative estimate of drug-likeness (QED) is 0.887. The largest absolute Gasteiger partial charge is 0.351 e. The molecule has 0 atom stereocenters. The molecular weight excluding hydrogens is 277 g/mol. The van der Waals surface area contributed by atoms with Gasteiger partial charge < -0.3 is 5.32 Å². The lowest BCUT2D eigenvalue weighted by atomic mass is 10.2. The molecule has 0 amide bonds. The molecule has 0 bridgehead atoms. The highest BCUT2D eigenvalue weighted by Gasteiger charge is 2.12. The lowest BCUT2D eigenvalue weighted by molar-refractivity contribution is 0.589. The molecule has 96 valence electrons. The molecule has 2 rings (SSSR count). The summed E-state index contributed by atoms with van der Waals surface area (Å²) in [6, 6.07) is 6.83. The summed E-state index contributed by atoms with van der Waals surface area (Å²) in [6.07, 6.45) is 0. The first kappa shape index (κ1) is 13.2. The summed E-state index contributed by atoms with van der Waals surface area (Å²) in [6.45, 7) is 0. The number of nitrogens with one attached hydrogen (secondary N) is 1. The second-order valence-corrected chi connectivity index (χ2v) is 4.15. The minimum Gasteiger partial charge on any atom is -0.351 e. The fourth-order valence-corrected chi connectivity index (χ4v) is 1.75. The molecule has 1 N–H and O–H groups in total. The third kappa shape index (κ3) is 2.98. The van der Waals surface area contributed by atoms with Crippen LogP contribution in [0.1, 0.15) is 5.56 Å². The standard InChI is InChI=1S/C13H6ClF3N2/c14-8-3-9(15)5-10(4-8)19-13-11(16)1-7(6-18)2-12(13)17/h1-5,19H. The van der Waals surface area contributed by atoms with Gasteiger partial charge in [-0.2, -0.15) is 5.26 Å². The first-order chi connectivity index (χ1) is 8.99. The summed E-state index contributed by atoms with van der Waals surface area (Å²) in [4.78, 5) is 0. The van der Waals surface area contributed by atoms with E-state index in [4.69, 9.17) is 16.9 Å². The van der Waals surface area contributed by atoms with Gasteiger partial charge in [-0.3, -0.25) is 0 Å². The highest BCUT2D eigenvalue weighted by atomic mass is 35.5. The van der Waals surface area contributed by atoms with Gasteiger partial charge in [0, 0.05) is 10.7 Å². The van der Waals surface area contributed by atoms with Crippen LogP contribution in [0.3, 0.4) is 0 Å². The summed E-state index contributed by atoms with van der Waals surface area (Å²) in [5.74, 6) is -2.53. The van der Waals surface area contributed by atoms with Crippen molar-refractivity contribution in [1.82, 2.24) is 0 Å². The van der Waals surface area contributed by atoms with E-state index >= 15 is 0 Å². The van der Waals surface area contributed by atoms with Crippen molar-refractivity contribution in [2.45, 2.75) is 0 Å². The Morgan fingerprint density at radius 2 is 1.63 bits per heavy atom. The maximum absolute atomic E-state index is 13.6. The second kappa shape index (κ2) is 5.21. The van der Waals surface area contributed by atoms with Crippen molar-refractivity contribution >= 4 is 23.0 Å². The van der Waals surface area contributed by atoms with E-state index in [0.29, 0.717) is 0 Å². The molecule has 0 aliphatic rings. The molecule has 0 aromatic heterocycles. The van der Waals surface area contributed by atoms with Gasteiger partial charge in [-0.25, -0.2) is 13.2 Å². The number of rotatable bonds is 2. The number of halogens is 4. The van der Waals surface area contributed by atoms with Gasteiger partial charge in [-0.15, -0.1) is 0 Å². The van der Waals surface area contributed by atoms with E-state index in [1.54, 1.807) is 6.07 Å². The molecule has 19 heavy (non-hydrogen) atoms. The predicted molar refractivity (Wildman–Crippen MR) is 65.8 cm³/mol. The first-order valence-electron chi connectivity index (χ1n) is 5.12. The third-order valence-corrected chi connectivity index (χ3v) is 2.52. The minimum atomic E-state index is -0.947. The zero-order valence-electron chi connectivity index (χ0n) is 9.35. The molecule has 0 radical (unpaired) electrons. The minimum absolute atomic E-state index is 0.0944. The molecule has 0 fully saturated rings. The molecule has 2 aromatic rings. The summed E-state index contributed by atoms with van der Waals surface area (Å²) < 4.78 is 40.3. The van der Waals surface area contributed by atoms with E-state index in [-0.39, 0.29) is 16.3 Å². The molecule has 0 heterocycles. The smallest absolute Gasteiger partial charge is 0.150 e. The van der Waals surface area contributed by atoms with Crippen LogP contribution in [0.25, 0.3) is 0 Å². The Bertz CT molecular complexity index is 637. The lowest BCUT2D eigenvalue weighted by Gasteiger charge is -2.09. The fraction of sp³-hybridized carbons (Fsp3) is 0. The van der Waals surface area contributed by atoms with Crippen molar-refractivity contribution in [1.29, 1.82) is 5.26 Å². The van der Waals surface area contributed by atoms with Crippen molar-refractivity contribution in [3.8, 4) is 6.07 Å². The monoisotopic (exact) mass is 282 g/mol. The molecule has 0 aliphatic heterocycles. The molecule has 0 saturated carbocycles. The Morgan fingerprint density at radius 3 is 2.16 bits per heavy atom. The summed E-state index contributed by atoms with van der Waals surface area (Å²) in [5, 5.41) is 11.1. The predicted octanol–water partition coefficient (Wildman–Crippen LogP) is 4.37. The SMILES string of the molecule is N#Cc1cc(F)c(Nc2cc(F)cc(Cl)c2)c(F)c1. The van der Waals surface area contributed by atoms with Crippen molar-refractivity contribution in [3.63, 3.8) is 0 Å². The number of anilines is 2. The zero-order chi connectivity index (χ0) is 14.0. The average molecular weight is 283 g/mol. The first-order valence-corrected chi connectivity index (χ1v) is 5.49. The Labute approximate surface area is 112 Å². The van der Waals surface area contributed by atoms with Gasteiger partial charge in [0.05, 0.1) is 11.6 Å².